The van der Waals surface area contributed by atoms with Crippen molar-refractivity contribution in [2.45, 2.75) is 12.1 Å². The van der Waals surface area contributed by atoms with Crippen LogP contribution in [0.25, 0.3) is 0 Å². The van der Waals surface area contributed by atoms with Crippen LogP contribution in [0.1, 0.15) is 0 Å². The Labute approximate surface area is 47.1 Å². The zero-order valence-electron chi connectivity index (χ0n) is 4.13. The lowest BCUT2D eigenvalue weighted by Crippen LogP contribution is -2.66. The van der Waals surface area contributed by atoms with Crippen LogP contribution in [0.4, 0.5) is 0 Å². The summed E-state index contributed by atoms with van der Waals surface area (Å²) in [6, 6.07) is 0.282. The molecule has 0 radical (unpaired) electrons. The highest BCUT2D eigenvalue weighted by Crippen LogP contribution is 2.14. The summed E-state index contributed by atoms with van der Waals surface area (Å²) in [5.74, 6) is 1.91. The van der Waals surface area contributed by atoms with E-state index in [0.717, 1.165) is 11.5 Å². The van der Waals surface area contributed by atoms with Crippen molar-refractivity contribution in [2.75, 3.05) is 11.5 Å². The number of aliphatic hydroxyl groups excluding tert-OH is 1. The Morgan fingerprint density at radius 3 is 2.43 bits per heavy atom. The lowest BCUT2D eigenvalue weighted by atomic mass is 10.2. The van der Waals surface area contributed by atoms with Crippen LogP contribution in [0.3, 0.4) is 0 Å². The van der Waals surface area contributed by atoms with E-state index in [4.69, 9.17) is 5.11 Å². The van der Waals surface area contributed by atoms with Gasteiger partial charge in [0.2, 0.25) is 0 Å². The summed E-state index contributed by atoms with van der Waals surface area (Å²) in [5.41, 5.74) is 3.75. The van der Waals surface area contributed by atoms with Gasteiger partial charge in [0.1, 0.15) is 12.1 Å². The van der Waals surface area contributed by atoms with Gasteiger partial charge in [-0.1, -0.05) is 0 Å². The molecule has 0 unspecified atom stereocenters. The first kappa shape index (κ1) is 5.41. The van der Waals surface area contributed by atoms with E-state index >= 15 is 0 Å². The summed E-state index contributed by atoms with van der Waals surface area (Å²) in [6.07, 6.45) is -0.134. The molecule has 7 heavy (non-hydrogen) atoms. The topological polar surface area (TPSA) is 47.9 Å². The van der Waals surface area contributed by atoms with Gasteiger partial charge in [-0.15, -0.1) is 0 Å². The number of hydrogen-bond donors (Lipinski definition) is 2. The third-order valence-electron chi connectivity index (χ3n) is 1.16. The minimum Gasteiger partial charge on any atom is -0.386 e. The summed E-state index contributed by atoms with van der Waals surface area (Å²) in [7, 11) is 0. The van der Waals surface area contributed by atoms with Crippen LogP contribution < -0.4 is 5.73 Å². The third kappa shape index (κ3) is 1.08. The average molecular weight is 120 g/mol. The monoisotopic (exact) mass is 120 g/mol. The molecule has 42 valence electrons. The summed E-state index contributed by atoms with van der Waals surface area (Å²) in [4.78, 5) is 0. The van der Waals surface area contributed by atoms with Gasteiger partial charge in [0.15, 0.2) is 0 Å². The van der Waals surface area contributed by atoms with Crippen molar-refractivity contribution in [3.05, 3.63) is 0 Å². The molecule has 0 saturated carbocycles. The molecule has 0 aliphatic carbocycles. The molecule has 2 nitrogen and oxygen atoms in total. The molecule has 0 aromatic heterocycles. The molecule has 0 bridgehead atoms. The Balaban J connectivity index is 2.33. The molecule has 0 spiro atoms. The van der Waals surface area contributed by atoms with Gasteiger partial charge in [-0.2, -0.15) is 11.8 Å². The van der Waals surface area contributed by atoms with Crippen LogP contribution in [0.15, 0.2) is 0 Å². The Morgan fingerprint density at radius 2 is 2.29 bits per heavy atom. The first-order valence-electron chi connectivity index (χ1n) is 2.39. The fraction of sp³-hybridized carbons (Fsp3) is 1.00. The van der Waals surface area contributed by atoms with Crippen LogP contribution >= 0.6 is 11.8 Å². The molecule has 3 heteroatoms. The van der Waals surface area contributed by atoms with Crippen LogP contribution in [-0.2, 0) is 0 Å². The van der Waals surface area contributed by atoms with Crippen molar-refractivity contribution < 1.29 is 10.8 Å². The van der Waals surface area contributed by atoms with E-state index in [1.807, 2.05) is 0 Å². The van der Waals surface area contributed by atoms with Gasteiger partial charge in [0, 0.05) is 11.5 Å². The average Bonchev–Trinajstić information content (AvgIpc) is 1.91. The molecule has 2 atom stereocenters. The fourth-order valence-electron chi connectivity index (χ4n) is 0.587. The second-order valence-electron chi connectivity index (χ2n) is 1.86. The molecule has 1 aliphatic rings. The molecule has 0 aromatic rings. The van der Waals surface area contributed by atoms with Crippen LogP contribution in [0.2, 0.25) is 0 Å². The van der Waals surface area contributed by atoms with E-state index in [2.05, 4.69) is 5.73 Å². The molecule has 1 fully saturated rings. The smallest absolute Gasteiger partial charge is 0.121 e. The molecule has 4 N–H and O–H groups in total. The van der Waals surface area contributed by atoms with E-state index in [1.165, 1.54) is 0 Å². The zero-order valence-corrected chi connectivity index (χ0v) is 4.95. The van der Waals surface area contributed by atoms with E-state index in [-0.39, 0.29) is 12.1 Å². The summed E-state index contributed by atoms with van der Waals surface area (Å²) in [5, 5.41) is 8.91. The highest BCUT2D eigenvalue weighted by Gasteiger charge is 2.24. The molecule has 1 rings (SSSR count). The summed E-state index contributed by atoms with van der Waals surface area (Å²) in [6.45, 7) is 0. The second kappa shape index (κ2) is 2.03. The van der Waals surface area contributed by atoms with Gasteiger partial charge in [-0.05, 0) is 0 Å². The van der Waals surface area contributed by atoms with Crippen molar-refractivity contribution in [1.82, 2.24) is 0 Å². The predicted octanol–water partition coefficient (Wildman–Crippen LogP) is -1.30. The number of hydrogen-bond acceptors (Lipinski definition) is 2. The lowest BCUT2D eigenvalue weighted by molar-refractivity contribution is -0.425. The Morgan fingerprint density at radius 1 is 1.57 bits per heavy atom. The van der Waals surface area contributed by atoms with E-state index in [0.29, 0.717) is 0 Å². The van der Waals surface area contributed by atoms with Crippen LogP contribution in [0, 0.1) is 0 Å². The maximum absolute atomic E-state index is 8.91. The minimum atomic E-state index is -0.134. The van der Waals surface area contributed by atoms with Crippen molar-refractivity contribution in [1.29, 1.82) is 0 Å². The second-order valence-corrected chi connectivity index (χ2v) is 2.94. The summed E-state index contributed by atoms with van der Waals surface area (Å²) >= 11 is 1.78. The molecular formula is C4H10NOS+. The van der Waals surface area contributed by atoms with E-state index in [9.17, 15) is 0 Å². The van der Waals surface area contributed by atoms with Crippen molar-refractivity contribution in [2.24, 2.45) is 0 Å². The number of quaternary nitrogens is 1. The third-order valence-corrected chi connectivity index (χ3v) is 2.41. The van der Waals surface area contributed by atoms with Gasteiger partial charge in [-0.25, -0.2) is 0 Å². The highest BCUT2D eigenvalue weighted by molar-refractivity contribution is 7.99. The first-order chi connectivity index (χ1) is 3.30. The maximum atomic E-state index is 8.91. The lowest BCUT2D eigenvalue weighted by Gasteiger charge is -1.99. The van der Waals surface area contributed by atoms with Crippen LogP contribution in [-0.4, -0.2) is 28.8 Å². The molecule has 0 amide bonds. The van der Waals surface area contributed by atoms with E-state index in [1.54, 1.807) is 11.8 Å². The number of thioether (sulfide) groups is 1. The quantitative estimate of drug-likeness (QED) is 0.417. The van der Waals surface area contributed by atoms with Crippen molar-refractivity contribution in [3.63, 3.8) is 0 Å². The molecule has 1 aliphatic heterocycles. The normalized spacial score (nSPS) is 42.0. The van der Waals surface area contributed by atoms with Gasteiger partial charge in [0.25, 0.3) is 0 Å². The van der Waals surface area contributed by atoms with Gasteiger partial charge in [0.05, 0.1) is 0 Å². The fourth-order valence-corrected chi connectivity index (χ4v) is 1.76. The molecular weight excluding hydrogens is 110 g/mol. The van der Waals surface area contributed by atoms with Gasteiger partial charge < -0.3 is 10.8 Å². The van der Waals surface area contributed by atoms with E-state index < -0.39 is 0 Å². The van der Waals surface area contributed by atoms with Gasteiger partial charge in [-0.3, -0.25) is 0 Å². The predicted molar refractivity (Wildman–Crippen MR) is 30.0 cm³/mol. The maximum Gasteiger partial charge on any atom is 0.121 e. The van der Waals surface area contributed by atoms with Crippen molar-refractivity contribution >= 4 is 11.8 Å². The Hall–Kier alpha value is 0.270. The molecule has 0 aromatic carbocycles. The Kier molecular flexibility index (Phi) is 1.57. The zero-order chi connectivity index (χ0) is 5.28. The summed E-state index contributed by atoms with van der Waals surface area (Å²) < 4.78 is 0. The largest absolute Gasteiger partial charge is 0.386 e. The highest BCUT2D eigenvalue weighted by atomic mass is 32.2. The Bertz CT molecular complexity index is 60.7. The number of rotatable bonds is 0. The number of aliphatic hydroxyl groups is 1. The standard InChI is InChI=1S/C4H9NOS/c5-3-1-7-2-4(3)6/h3-4,6H,1-2,5H2/p+1/t3-,4+/m0/s1. The first-order valence-corrected chi connectivity index (χ1v) is 3.55. The van der Waals surface area contributed by atoms with Crippen LogP contribution in [0.5, 0.6) is 0 Å². The van der Waals surface area contributed by atoms with Gasteiger partial charge >= 0.3 is 0 Å². The van der Waals surface area contributed by atoms with Crippen molar-refractivity contribution in [3.8, 4) is 0 Å². The minimum absolute atomic E-state index is 0.134. The molecule has 1 saturated heterocycles. The molecule has 1 heterocycles. The SMILES string of the molecule is [NH3+][C@H]1CSC[C@H]1O.